The zero-order chi connectivity index (χ0) is 56.0. The summed E-state index contributed by atoms with van der Waals surface area (Å²) in [4.78, 5) is 4.61. The third-order valence-corrected chi connectivity index (χ3v) is 17.9. The number of aryl methyl sites for hydroxylation is 1. The second-order valence-electron chi connectivity index (χ2n) is 22.4. The molecule has 0 fully saturated rings. The van der Waals surface area contributed by atoms with Crippen molar-refractivity contribution in [1.29, 1.82) is 0 Å². The molecule has 0 aliphatic carbocycles. The zero-order valence-corrected chi connectivity index (χ0v) is 46.3. The van der Waals surface area contributed by atoms with Crippen LogP contribution in [0.1, 0.15) is 11.3 Å². The molecular formula is C79H50N4O2. The summed E-state index contributed by atoms with van der Waals surface area (Å²) in [6.45, 7) is 7.10. The van der Waals surface area contributed by atoms with Crippen LogP contribution in [0.25, 0.3) is 133 Å². The summed E-state index contributed by atoms with van der Waals surface area (Å²) in [5, 5.41) is 13.8. The van der Waals surface area contributed by atoms with Gasteiger partial charge in [-0.2, -0.15) is 0 Å². The second kappa shape index (κ2) is 18.1. The molecule has 0 aliphatic heterocycles. The molecule has 85 heavy (non-hydrogen) atoms. The average molecular weight is 1090 g/mol. The quantitative estimate of drug-likeness (QED) is 0.144. The fraction of sp³-hybridized carbons (Fsp3) is 0.0127. The lowest BCUT2D eigenvalue weighted by Gasteiger charge is -2.25. The van der Waals surface area contributed by atoms with Crippen molar-refractivity contribution in [1.82, 2.24) is 8.80 Å². The van der Waals surface area contributed by atoms with Crippen molar-refractivity contribution in [2.45, 2.75) is 6.92 Å². The van der Waals surface area contributed by atoms with Gasteiger partial charge in [0.15, 0.2) is 11.2 Å². The minimum absolute atomic E-state index is 0.862. The van der Waals surface area contributed by atoms with Crippen LogP contribution >= 0.6 is 0 Å². The number of hydrogen-bond acceptors (Lipinski definition) is 4. The summed E-state index contributed by atoms with van der Waals surface area (Å²) in [5.74, 6) is 0. The molecular weight excluding hydrogens is 1040 g/mol. The van der Waals surface area contributed by atoms with Gasteiger partial charge in [0, 0.05) is 93.1 Å². The number of hydrogen-bond donors (Lipinski definition) is 0. The zero-order valence-electron chi connectivity index (χ0n) is 46.3. The topological polar surface area (TPSA) is 41.6 Å². The molecule has 6 heterocycles. The second-order valence-corrected chi connectivity index (χ2v) is 22.4. The van der Waals surface area contributed by atoms with Crippen molar-refractivity contribution in [2.24, 2.45) is 0 Å². The van der Waals surface area contributed by atoms with Gasteiger partial charge in [0.25, 0.3) is 0 Å². The van der Waals surface area contributed by atoms with Crippen LogP contribution in [0.2, 0.25) is 0 Å². The Balaban J connectivity index is 0.747. The van der Waals surface area contributed by atoms with Crippen molar-refractivity contribution in [2.75, 3.05) is 9.80 Å². The van der Waals surface area contributed by atoms with Gasteiger partial charge in [0.2, 0.25) is 0 Å². The van der Waals surface area contributed by atoms with Gasteiger partial charge < -0.3 is 27.4 Å². The fourth-order valence-corrected chi connectivity index (χ4v) is 14.2. The number of nitrogens with zero attached hydrogens (tertiary/aromatic N) is 4. The number of furan rings is 2. The highest BCUT2D eigenvalue weighted by atomic mass is 16.3. The Bertz CT molecular complexity index is 5810. The Hall–Kier alpha value is -11.3. The third kappa shape index (κ3) is 6.82. The van der Waals surface area contributed by atoms with Crippen LogP contribution in [0.15, 0.2) is 276 Å². The summed E-state index contributed by atoms with van der Waals surface area (Å²) in [7, 11) is 0. The summed E-state index contributed by atoms with van der Waals surface area (Å²) < 4.78 is 18.2. The lowest BCUT2D eigenvalue weighted by Crippen LogP contribution is -2.24. The molecule has 0 radical (unpaired) electrons. The van der Waals surface area contributed by atoms with Gasteiger partial charge in [0.1, 0.15) is 11.2 Å². The largest absolute Gasteiger partial charge is 0.454 e. The Morgan fingerprint density at radius 1 is 0.353 bits per heavy atom. The van der Waals surface area contributed by atoms with E-state index >= 15 is 0 Å². The van der Waals surface area contributed by atoms with E-state index < -0.39 is 0 Å². The predicted octanol–water partition coefficient (Wildman–Crippen LogP) is 20.3. The van der Waals surface area contributed by atoms with E-state index in [-0.39, 0.29) is 0 Å². The monoisotopic (exact) mass is 1090 g/mol. The number of para-hydroxylation sites is 8. The molecule has 0 unspecified atom stereocenters. The van der Waals surface area contributed by atoms with Crippen LogP contribution in [0, 0.1) is 6.92 Å². The predicted molar refractivity (Wildman–Crippen MR) is 355 cm³/mol. The molecule has 18 rings (SSSR count). The summed E-state index contributed by atoms with van der Waals surface area (Å²) in [5.41, 5.74) is 21.5. The molecule has 398 valence electrons. The number of fused-ring (bicyclic) bond motifs is 12. The molecule has 0 aliphatic rings. The van der Waals surface area contributed by atoms with Crippen LogP contribution in [0.3, 0.4) is 0 Å². The highest BCUT2D eigenvalue weighted by molar-refractivity contribution is 6.22. The lowest BCUT2D eigenvalue weighted by atomic mass is 9.97. The molecule has 6 nitrogen and oxygen atoms in total. The molecule has 0 saturated heterocycles. The number of anilines is 6. The molecule has 12 aromatic carbocycles. The van der Waals surface area contributed by atoms with Gasteiger partial charge in [-0.1, -0.05) is 189 Å². The van der Waals surface area contributed by atoms with Crippen molar-refractivity contribution in [3.05, 3.63) is 289 Å². The smallest absolute Gasteiger partial charge is 0.159 e. The van der Waals surface area contributed by atoms with E-state index in [2.05, 4.69) is 274 Å². The van der Waals surface area contributed by atoms with Gasteiger partial charge in [0.05, 0.1) is 38.8 Å². The van der Waals surface area contributed by atoms with Gasteiger partial charge in [-0.3, -0.25) is 0 Å². The summed E-state index contributed by atoms with van der Waals surface area (Å²) in [6.07, 6.45) is 2.40. The first-order valence-electron chi connectivity index (χ1n) is 29.0. The molecule has 0 saturated carbocycles. The normalized spacial score (nSPS) is 12.4. The highest BCUT2D eigenvalue weighted by Crippen LogP contribution is 2.47. The van der Waals surface area contributed by atoms with Crippen molar-refractivity contribution in [3.8, 4) is 22.3 Å². The van der Waals surface area contributed by atoms with Crippen LogP contribution in [0.4, 0.5) is 34.1 Å². The van der Waals surface area contributed by atoms with Crippen LogP contribution in [-0.2, 0) is 0 Å². The summed E-state index contributed by atoms with van der Waals surface area (Å²) in [6, 6.07) is 95.7. The molecule has 18 aromatic rings. The van der Waals surface area contributed by atoms with Crippen LogP contribution in [0.5, 0.6) is 0 Å². The minimum Gasteiger partial charge on any atom is -0.454 e. The molecule has 0 atom stereocenters. The maximum absolute atomic E-state index is 6.61. The average Bonchev–Trinajstić information content (AvgIpc) is 2.71. The van der Waals surface area contributed by atoms with Gasteiger partial charge in [-0.15, -0.1) is 0 Å². The lowest BCUT2D eigenvalue weighted by molar-refractivity contribution is 0.668. The third-order valence-electron chi connectivity index (χ3n) is 17.9. The van der Waals surface area contributed by atoms with E-state index in [1.54, 1.807) is 0 Å². The highest BCUT2D eigenvalue weighted by Gasteiger charge is 2.25. The Kier molecular flexibility index (Phi) is 10.1. The number of benzene rings is 12. The first-order valence-corrected chi connectivity index (χ1v) is 29.0. The van der Waals surface area contributed by atoms with E-state index in [9.17, 15) is 0 Å². The summed E-state index contributed by atoms with van der Waals surface area (Å²) >= 11 is 0. The van der Waals surface area contributed by atoms with E-state index in [4.69, 9.17) is 15.4 Å². The maximum atomic E-state index is 6.61. The first kappa shape index (κ1) is 47.3. The van der Waals surface area contributed by atoms with Crippen molar-refractivity contribution in [3.63, 3.8) is 0 Å². The maximum Gasteiger partial charge on any atom is 0.159 e. The Morgan fingerprint density at radius 2 is 0.753 bits per heavy atom. The van der Waals surface area contributed by atoms with Crippen LogP contribution in [-0.4, -0.2) is 8.80 Å². The fourth-order valence-electron chi connectivity index (χ4n) is 14.2. The van der Waals surface area contributed by atoms with E-state index in [1.807, 2.05) is 24.3 Å². The molecule has 0 amide bonds. The van der Waals surface area contributed by atoms with Crippen molar-refractivity contribution >= 4 is 145 Å². The van der Waals surface area contributed by atoms with E-state index in [0.717, 1.165) is 111 Å². The standard InChI is InChI=1S/C79H50N4O2/c1-48-56-25-13-31-64-75-58(51-41-45-55(46-42-51)82(53-21-7-4-8-22-53)70-36-18-30-63-60-24-10-12-38-73(60)85-79(63)70)27-16-34-68(75)83(76(56)64)71(48)47-66-49(2)80-67-33-15-26-57(74(67)65-32-14-28-61(66)77(65)80)50-39-43-54(44-40-50)81(52-19-5-3-6-20-52)69-35-17-29-62-59-23-9-11-37-72(59)84-78(62)69/h3-47H,1H2,2H3/b71-47+. The number of aromatic nitrogens is 2. The SMILES string of the molecule is C=c1/c(=C\c2c(C)n3c4cccc(-c5ccc(N(c6ccccc6)c6cccc7c6oc6ccccc67)cc5)c4c4cccc2c43)n2c3cccc(-c4ccc(N(c5ccccc5)c5cccc6c5oc5ccccc56)cc4)c3c3cccc1c32. The van der Waals surface area contributed by atoms with Crippen LogP contribution < -0.4 is 20.4 Å². The first-order chi connectivity index (χ1) is 42.0. The van der Waals surface area contributed by atoms with Gasteiger partial charge in [-0.05, 0) is 120 Å². The molecule has 6 aromatic heterocycles. The minimum atomic E-state index is 0.862. The molecule has 0 N–H and O–H groups in total. The van der Waals surface area contributed by atoms with Gasteiger partial charge >= 0.3 is 0 Å². The molecule has 0 spiro atoms. The van der Waals surface area contributed by atoms with Crippen molar-refractivity contribution < 1.29 is 8.83 Å². The van der Waals surface area contributed by atoms with Gasteiger partial charge in [-0.25, -0.2) is 0 Å². The molecule has 0 bridgehead atoms. The Labute approximate surface area is 487 Å². The number of rotatable bonds is 9. The molecule has 6 heteroatoms. The van der Waals surface area contributed by atoms with E-state index in [1.165, 1.54) is 65.9 Å². The Morgan fingerprint density at radius 3 is 1.28 bits per heavy atom. The van der Waals surface area contributed by atoms with E-state index in [0.29, 0.717) is 0 Å².